The van der Waals surface area contributed by atoms with Crippen LogP contribution in [-0.4, -0.2) is 36.8 Å². The molecule has 1 aromatic carbocycles. The predicted molar refractivity (Wildman–Crippen MR) is 62.9 cm³/mol. The van der Waals surface area contributed by atoms with Crippen molar-refractivity contribution in [3.63, 3.8) is 0 Å². The third kappa shape index (κ3) is 3.40. The number of rotatable bonds is 4. The van der Waals surface area contributed by atoms with Crippen molar-refractivity contribution in [2.75, 3.05) is 24.4 Å². The fraction of sp³-hybridized carbons (Fsp3) is 0.364. The number of ether oxygens (including phenoxy) is 1. The summed E-state index contributed by atoms with van der Waals surface area (Å²) in [4.78, 5) is 12.9. The van der Waals surface area contributed by atoms with E-state index in [-0.39, 0.29) is 12.4 Å². The molecule has 0 radical (unpaired) electrons. The summed E-state index contributed by atoms with van der Waals surface area (Å²) < 4.78 is 4.64. The van der Waals surface area contributed by atoms with Crippen LogP contribution in [0.1, 0.15) is 0 Å². The van der Waals surface area contributed by atoms with Crippen LogP contribution in [0.15, 0.2) is 30.3 Å². The molecule has 0 aliphatic heterocycles. The van der Waals surface area contributed by atoms with E-state index in [1.807, 2.05) is 6.07 Å². The van der Waals surface area contributed by atoms with E-state index in [1.54, 1.807) is 24.3 Å². The number of carbonyl (C=O) groups is 1. The lowest BCUT2D eigenvalue weighted by Crippen LogP contribution is -2.38. The van der Waals surface area contributed by atoms with E-state index >= 15 is 0 Å². The molecule has 0 bridgehead atoms. The average molecular weight is 244 g/mol. The Kier molecular flexibility index (Phi) is 5.08. The van der Waals surface area contributed by atoms with Crippen LogP contribution < -0.4 is 4.90 Å². The number of alkyl halides is 1. The zero-order valence-corrected chi connectivity index (χ0v) is 9.72. The summed E-state index contributed by atoms with van der Waals surface area (Å²) in [6, 6.07) is 8.98. The Labute approximate surface area is 99.4 Å². The smallest absolute Gasteiger partial charge is 0.414 e. The highest BCUT2D eigenvalue weighted by Crippen LogP contribution is 2.15. The van der Waals surface area contributed by atoms with Gasteiger partial charge in [-0.1, -0.05) is 18.2 Å². The highest BCUT2D eigenvalue weighted by Gasteiger charge is 2.19. The zero-order valence-electron chi connectivity index (χ0n) is 8.97. The monoisotopic (exact) mass is 243 g/mol. The summed E-state index contributed by atoms with van der Waals surface area (Å²) >= 11 is 5.50. The van der Waals surface area contributed by atoms with Crippen LogP contribution in [-0.2, 0) is 4.74 Å². The van der Waals surface area contributed by atoms with Crippen LogP contribution >= 0.6 is 11.6 Å². The molecular weight excluding hydrogens is 230 g/mol. The molecule has 88 valence electrons. The Morgan fingerprint density at radius 1 is 1.50 bits per heavy atom. The minimum Gasteiger partial charge on any atom is -0.452 e. The molecule has 5 heteroatoms. The van der Waals surface area contributed by atoms with Crippen molar-refractivity contribution in [2.24, 2.45) is 0 Å². The largest absolute Gasteiger partial charge is 0.452 e. The minimum absolute atomic E-state index is 0.0698. The molecule has 0 saturated heterocycles. The maximum absolute atomic E-state index is 11.5. The summed E-state index contributed by atoms with van der Waals surface area (Å²) in [6.07, 6.45) is -1.30. The Morgan fingerprint density at radius 2 is 2.12 bits per heavy atom. The van der Waals surface area contributed by atoms with Crippen molar-refractivity contribution in [2.45, 2.75) is 6.10 Å². The molecule has 0 aliphatic carbocycles. The molecule has 0 spiro atoms. The minimum atomic E-state index is -0.777. The molecule has 1 N–H and O–H groups in total. The zero-order chi connectivity index (χ0) is 12.0. The number of benzene rings is 1. The van der Waals surface area contributed by atoms with Gasteiger partial charge in [-0.3, -0.25) is 4.90 Å². The summed E-state index contributed by atoms with van der Waals surface area (Å²) in [7, 11) is 1.30. The van der Waals surface area contributed by atoms with Gasteiger partial charge in [-0.2, -0.15) is 0 Å². The predicted octanol–water partition coefficient (Wildman–Crippen LogP) is 1.86. The molecule has 1 aromatic rings. The number of para-hydroxylation sites is 1. The van der Waals surface area contributed by atoms with Crippen LogP contribution in [0.2, 0.25) is 0 Å². The van der Waals surface area contributed by atoms with Crippen LogP contribution in [0, 0.1) is 0 Å². The number of methoxy groups -OCH3 is 1. The number of carbonyl (C=O) groups excluding carboxylic acids is 1. The first-order valence-electron chi connectivity index (χ1n) is 4.83. The van der Waals surface area contributed by atoms with E-state index in [0.29, 0.717) is 5.69 Å². The fourth-order valence-corrected chi connectivity index (χ4v) is 1.36. The maximum atomic E-state index is 11.5. The van der Waals surface area contributed by atoms with Crippen molar-refractivity contribution >= 4 is 23.4 Å². The Balaban J connectivity index is 2.84. The third-order valence-corrected chi connectivity index (χ3v) is 2.39. The van der Waals surface area contributed by atoms with E-state index in [4.69, 9.17) is 11.6 Å². The number of aliphatic hydroxyl groups is 1. The molecule has 0 unspecified atom stereocenters. The van der Waals surface area contributed by atoms with Gasteiger partial charge in [-0.15, -0.1) is 11.6 Å². The molecule has 0 saturated carbocycles. The molecule has 1 atom stereocenters. The van der Waals surface area contributed by atoms with Crippen LogP contribution in [0.25, 0.3) is 0 Å². The van der Waals surface area contributed by atoms with E-state index in [2.05, 4.69) is 4.74 Å². The van der Waals surface area contributed by atoms with E-state index in [1.165, 1.54) is 12.0 Å². The van der Waals surface area contributed by atoms with Crippen molar-refractivity contribution in [3.8, 4) is 0 Å². The molecule has 0 aliphatic rings. The van der Waals surface area contributed by atoms with Crippen molar-refractivity contribution < 1.29 is 14.6 Å². The molecular formula is C11H14ClNO3. The molecule has 1 amide bonds. The number of hydrogen-bond donors (Lipinski definition) is 1. The first kappa shape index (κ1) is 12.8. The van der Waals surface area contributed by atoms with Gasteiger partial charge in [0.15, 0.2) is 0 Å². The maximum Gasteiger partial charge on any atom is 0.414 e. The van der Waals surface area contributed by atoms with Crippen LogP contribution in [0.5, 0.6) is 0 Å². The Hall–Kier alpha value is -1.26. The van der Waals surface area contributed by atoms with Crippen LogP contribution in [0.4, 0.5) is 10.5 Å². The molecule has 4 nitrogen and oxygen atoms in total. The molecule has 0 aromatic heterocycles. The number of hydrogen-bond acceptors (Lipinski definition) is 3. The lowest BCUT2D eigenvalue weighted by Gasteiger charge is -2.23. The van der Waals surface area contributed by atoms with Crippen molar-refractivity contribution in [1.82, 2.24) is 0 Å². The average Bonchev–Trinajstić information content (AvgIpc) is 2.35. The van der Waals surface area contributed by atoms with E-state index in [9.17, 15) is 9.90 Å². The highest BCUT2D eigenvalue weighted by molar-refractivity contribution is 6.18. The van der Waals surface area contributed by atoms with Crippen molar-refractivity contribution in [3.05, 3.63) is 30.3 Å². The summed E-state index contributed by atoms with van der Waals surface area (Å²) in [5.74, 6) is 0.0698. The number of aliphatic hydroxyl groups excluding tert-OH is 1. The van der Waals surface area contributed by atoms with E-state index < -0.39 is 12.2 Å². The Morgan fingerprint density at radius 3 is 2.62 bits per heavy atom. The van der Waals surface area contributed by atoms with Gasteiger partial charge in [0.2, 0.25) is 0 Å². The Bertz CT molecular complexity index is 331. The van der Waals surface area contributed by atoms with Gasteiger partial charge >= 0.3 is 6.09 Å². The topological polar surface area (TPSA) is 49.8 Å². The van der Waals surface area contributed by atoms with Gasteiger partial charge in [0.25, 0.3) is 0 Å². The third-order valence-electron chi connectivity index (χ3n) is 2.03. The quantitative estimate of drug-likeness (QED) is 0.822. The first-order chi connectivity index (χ1) is 7.69. The van der Waals surface area contributed by atoms with Gasteiger partial charge in [0.05, 0.1) is 25.6 Å². The highest BCUT2D eigenvalue weighted by atomic mass is 35.5. The summed E-state index contributed by atoms with van der Waals surface area (Å²) in [5.41, 5.74) is 0.665. The second-order valence-electron chi connectivity index (χ2n) is 3.22. The number of nitrogens with zero attached hydrogens (tertiary/aromatic N) is 1. The summed E-state index contributed by atoms with van der Waals surface area (Å²) in [5, 5.41) is 9.45. The van der Waals surface area contributed by atoms with Crippen molar-refractivity contribution in [1.29, 1.82) is 0 Å². The van der Waals surface area contributed by atoms with Gasteiger partial charge in [0.1, 0.15) is 0 Å². The summed E-state index contributed by atoms with van der Waals surface area (Å²) in [6.45, 7) is 0.111. The normalized spacial score (nSPS) is 11.9. The molecule has 16 heavy (non-hydrogen) atoms. The first-order valence-corrected chi connectivity index (χ1v) is 5.37. The fourth-order valence-electron chi connectivity index (χ4n) is 1.26. The molecule has 1 rings (SSSR count). The molecule has 0 fully saturated rings. The molecule has 0 heterocycles. The van der Waals surface area contributed by atoms with Gasteiger partial charge in [-0.25, -0.2) is 4.79 Å². The lowest BCUT2D eigenvalue weighted by atomic mass is 10.2. The number of amides is 1. The standard InChI is InChI=1S/C11H14ClNO3/c1-16-11(15)13(8-10(14)7-12)9-5-3-2-4-6-9/h2-6,10,14H,7-8H2,1H3/t10-/m1/s1. The second kappa shape index (κ2) is 6.35. The van der Waals surface area contributed by atoms with Gasteiger partial charge < -0.3 is 9.84 Å². The number of halogens is 1. The number of anilines is 1. The van der Waals surface area contributed by atoms with Crippen LogP contribution in [0.3, 0.4) is 0 Å². The van der Waals surface area contributed by atoms with E-state index in [0.717, 1.165) is 0 Å². The second-order valence-corrected chi connectivity index (χ2v) is 3.53. The van der Waals surface area contributed by atoms with Gasteiger partial charge in [0, 0.05) is 5.69 Å². The van der Waals surface area contributed by atoms with Gasteiger partial charge in [-0.05, 0) is 12.1 Å². The SMILES string of the molecule is COC(=O)N(C[C@H](O)CCl)c1ccccc1. The lowest BCUT2D eigenvalue weighted by molar-refractivity contribution is 0.166.